The summed E-state index contributed by atoms with van der Waals surface area (Å²) in [5.41, 5.74) is -1.20. The second-order valence-electron chi connectivity index (χ2n) is 5.19. The molecule has 1 aliphatic heterocycles. The molecule has 9 heteroatoms. The van der Waals surface area contributed by atoms with E-state index in [0.29, 0.717) is 22.8 Å². The number of amides is 1. The molecule has 1 amide bonds. The van der Waals surface area contributed by atoms with Crippen molar-refractivity contribution in [3.05, 3.63) is 34.4 Å². The average Bonchev–Trinajstić information content (AvgIpc) is 2.97. The van der Waals surface area contributed by atoms with Crippen LogP contribution >= 0.6 is 23.5 Å². The highest BCUT2D eigenvalue weighted by molar-refractivity contribution is 8.00. The van der Waals surface area contributed by atoms with Crippen molar-refractivity contribution in [2.45, 2.75) is 29.0 Å². The Hall–Kier alpha value is -1.74. The monoisotopic (exact) mass is 356 g/mol. The summed E-state index contributed by atoms with van der Waals surface area (Å²) in [5, 5.41) is 22.1. The predicted molar refractivity (Wildman–Crippen MR) is 88.9 cm³/mol. The van der Waals surface area contributed by atoms with Crippen molar-refractivity contribution in [2.24, 2.45) is 0 Å². The van der Waals surface area contributed by atoms with Gasteiger partial charge in [0.25, 0.3) is 5.69 Å². The maximum Gasteiger partial charge on any atom is 0.330 e. The van der Waals surface area contributed by atoms with Gasteiger partial charge in [0.1, 0.15) is 5.54 Å². The van der Waals surface area contributed by atoms with Crippen LogP contribution < -0.4 is 5.32 Å². The third-order valence-electron chi connectivity index (χ3n) is 3.52. The normalized spacial score (nSPS) is 21.6. The van der Waals surface area contributed by atoms with E-state index in [0.717, 1.165) is 0 Å². The first-order valence-corrected chi connectivity index (χ1v) is 8.92. The number of carboxylic acids is 1. The molecule has 1 saturated heterocycles. The third kappa shape index (κ3) is 4.17. The summed E-state index contributed by atoms with van der Waals surface area (Å²) in [5.74, 6) is -0.291. The summed E-state index contributed by atoms with van der Waals surface area (Å²) >= 11 is 2.74. The highest BCUT2D eigenvalue weighted by Crippen LogP contribution is 2.30. The first-order valence-electron chi connectivity index (χ1n) is 6.88. The molecule has 2 N–H and O–H groups in total. The van der Waals surface area contributed by atoms with E-state index < -0.39 is 21.7 Å². The van der Waals surface area contributed by atoms with Crippen molar-refractivity contribution in [3.63, 3.8) is 0 Å². The molecule has 2 unspecified atom stereocenters. The molecule has 0 aliphatic carbocycles. The quantitative estimate of drug-likeness (QED) is 0.456. The van der Waals surface area contributed by atoms with E-state index in [1.54, 1.807) is 19.1 Å². The standard InChI is InChI=1S/C14H16N2O5S2/c1-9(23-11-4-2-10(3-5-11)16(20)21)12(17)15-14(13(18)19)6-7-22-8-14/h2-5,9H,6-8H2,1H3,(H,15,17)(H,18,19). The second-order valence-corrected chi connectivity index (χ2v) is 7.71. The molecular weight excluding hydrogens is 340 g/mol. The molecule has 1 heterocycles. The number of benzene rings is 1. The summed E-state index contributed by atoms with van der Waals surface area (Å²) in [4.78, 5) is 34.6. The zero-order valence-corrected chi connectivity index (χ0v) is 14.0. The number of carbonyl (C=O) groups excluding carboxylic acids is 1. The lowest BCUT2D eigenvalue weighted by atomic mass is 9.99. The van der Waals surface area contributed by atoms with E-state index in [1.165, 1.54) is 35.7 Å². The summed E-state index contributed by atoms with van der Waals surface area (Å²) < 4.78 is 0. The summed E-state index contributed by atoms with van der Waals surface area (Å²) in [6.07, 6.45) is 0.410. The second kappa shape index (κ2) is 7.22. The molecule has 1 aliphatic rings. The lowest BCUT2D eigenvalue weighted by Crippen LogP contribution is -2.56. The number of nitro groups is 1. The van der Waals surface area contributed by atoms with E-state index in [2.05, 4.69) is 5.32 Å². The summed E-state index contributed by atoms with van der Waals surface area (Å²) in [7, 11) is 0. The minimum absolute atomic E-state index is 0.0146. The zero-order valence-electron chi connectivity index (χ0n) is 12.4. The van der Waals surface area contributed by atoms with Crippen LogP contribution in [0.4, 0.5) is 5.69 Å². The van der Waals surface area contributed by atoms with Gasteiger partial charge in [-0.15, -0.1) is 11.8 Å². The number of nitrogens with one attached hydrogen (secondary N) is 1. The van der Waals surface area contributed by atoms with Crippen LogP contribution in [0.3, 0.4) is 0 Å². The number of hydrogen-bond acceptors (Lipinski definition) is 6. The van der Waals surface area contributed by atoms with Crippen LogP contribution in [-0.2, 0) is 9.59 Å². The van der Waals surface area contributed by atoms with E-state index in [-0.39, 0.29) is 11.6 Å². The topological polar surface area (TPSA) is 110 Å². The SMILES string of the molecule is CC(Sc1ccc([N+](=O)[O-])cc1)C(=O)NC1(C(=O)O)CCSC1. The number of nitro benzene ring substituents is 1. The van der Waals surface area contributed by atoms with E-state index in [4.69, 9.17) is 0 Å². The maximum absolute atomic E-state index is 12.3. The number of carbonyl (C=O) groups is 2. The van der Waals surface area contributed by atoms with E-state index >= 15 is 0 Å². The molecule has 0 saturated carbocycles. The van der Waals surface area contributed by atoms with Crippen LogP contribution in [0.15, 0.2) is 29.2 Å². The molecular formula is C14H16N2O5S2. The predicted octanol–water partition coefficient (Wildman–Crippen LogP) is 2.15. The van der Waals surface area contributed by atoms with Gasteiger partial charge in [-0.2, -0.15) is 11.8 Å². The van der Waals surface area contributed by atoms with Gasteiger partial charge in [-0.1, -0.05) is 0 Å². The van der Waals surface area contributed by atoms with Crippen LogP contribution in [0.2, 0.25) is 0 Å². The average molecular weight is 356 g/mol. The van der Waals surface area contributed by atoms with Crippen LogP contribution in [0.5, 0.6) is 0 Å². The van der Waals surface area contributed by atoms with E-state index in [1.807, 2.05) is 0 Å². The highest BCUT2D eigenvalue weighted by atomic mass is 32.2. The van der Waals surface area contributed by atoms with Crippen LogP contribution in [0.25, 0.3) is 0 Å². The van der Waals surface area contributed by atoms with Gasteiger partial charge in [-0.25, -0.2) is 4.79 Å². The summed E-state index contributed by atoms with van der Waals surface area (Å²) in [6.45, 7) is 1.68. The Morgan fingerprint density at radius 2 is 2.09 bits per heavy atom. The molecule has 0 spiro atoms. The number of hydrogen-bond donors (Lipinski definition) is 2. The highest BCUT2D eigenvalue weighted by Gasteiger charge is 2.43. The Kier molecular flexibility index (Phi) is 5.53. The Morgan fingerprint density at radius 1 is 1.43 bits per heavy atom. The number of non-ortho nitro benzene ring substituents is 1. The van der Waals surface area contributed by atoms with Gasteiger partial charge >= 0.3 is 5.97 Å². The van der Waals surface area contributed by atoms with Gasteiger partial charge in [0.2, 0.25) is 5.91 Å². The minimum atomic E-state index is -1.19. The Balaban J connectivity index is 1.99. The number of carboxylic acid groups (broad SMARTS) is 1. The molecule has 0 bridgehead atoms. The van der Waals surface area contributed by atoms with Crippen molar-refractivity contribution in [1.29, 1.82) is 0 Å². The van der Waals surface area contributed by atoms with Crippen molar-refractivity contribution < 1.29 is 19.6 Å². The fourth-order valence-electron chi connectivity index (χ4n) is 2.13. The number of rotatable bonds is 6. The fraction of sp³-hybridized carbons (Fsp3) is 0.429. The lowest BCUT2D eigenvalue weighted by molar-refractivity contribution is -0.384. The zero-order chi connectivity index (χ0) is 17.0. The maximum atomic E-state index is 12.3. The van der Waals surface area contributed by atoms with Gasteiger partial charge in [-0.3, -0.25) is 14.9 Å². The van der Waals surface area contributed by atoms with Crippen LogP contribution in [0, 0.1) is 10.1 Å². The molecule has 7 nitrogen and oxygen atoms in total. The van der Waals surface area contributed by atoms with Crippen molar-refractivity contribution in [2.75, 3.05) is 11.5 Å². The van der Waals surface area contributed by atoms with Gasteiger partial charge < -0.3 is 10.4 Å². The van der Waals surface area contributed by atoms with Crippen molar-refractivity contribution in [3.8, 4) is 0 Å². The Labute approximate surface area is 141 Å². The number of thioether (sulfide) groups is 2. The third-order valence-corrected chi connectivity index (χ3v) is 5.82. The van der Waals surface area contributed by atoms with Crippen LogP contribution in [-0.4, -0.2) is 44.2 Å². The van der Waals surface area contributed by atoms with E-state index in [9.17, 15) is 24.8 Å². The smallest absolute Gasteiger partial charge is 0.330 e. The lowest BCUT2D eigenvalue weighted by Gasteiger charge is -2.26. The molecule has 23 heavy (non-hydrogen) atoms. The molecule has 0 radical (unpaired) electrons. The fourth-order valence-corrected chi connectivity index (χ4v) is 4.32. The largest absolute Gasteiger partial charge is 0.479 e. The molecule has 1 fully saturated rings. The van der Waals surface area contributed by atoms with Gasteiger partial charge in [0.15, 0.2) is 0 Å². The van der Waals surface area contributed by atoms with Gasteiger partial charge in [0, 0.05) is 22.8 Å². The molecule has 2 rings (SSSR count). The Morgan fingerprint density at radius 3 is 2.57 bits per heavy atom. The molecule has 0 aromatic heterocycles. The minimum Gasteiger partial charge on any atom is -0.479 e. The first-order chi connectivity index (χ1) is 10.8. The Bertz CT molecular complexity index is 614. The van der Waals surface area contributed by atoms with Crippen molar-refractivity contribution >= 4 is 41.1 Å². The number of aliphatic carboxylic acids is 1. The number of nitrogens with zero attached hydrogens (tertiary/aromatic N) is 1. The van der Waals surface area contributed by atoms with Crippen LogP contribution in [0.1, 0.15) is 13.3 Å². The first kappa shape index (κ1) is 17.6. The summed E-state index contributed by atoms with van der Waals surface area (Å²) in [6, 6.07) is 5.90. The molecule has 2 atom stereocenters. The molecule has 124 valence electrons. The molecule has 1 aromatic rings. The molecule has 1 aromatic carbocycles. The van der Waals surface area contributed by atoms with Gasteiger partial charge in [0.05, 0.1) is 10.2 Å². The van der Waals surface area contributed by atoms with Crippen molar-refractivity contribution in [1.82, 2.24) is 5.32 Å². The van der Waals surface area contributed by atoms with Gasteiger partial charge in [-0.05, 0) is 31.2 Å².